The average molecular weight is 289 g/mol. The Morgan fingerprint density at radius 2 is 1.95 bits per heavy atom. The van der Waals surface area contributed by atoms with Crippen LogP contribution in [0.5, 0.6) is 0 Å². The summed E-state index contributed by atoms with van der Waals surface area (Å²) in [5.74, 6) is 0.790. The molecule has 1 atom stereocenters. The molecule has 1 aliphatic rings. The molecule has 2 rings (SSSR count). The fourth-order valence-corrected chi connectivity index (χ4v) is 2.74. The summed E-state index contributed by atoms with van der Waals surface area (Å²) in [5, 5.41) is 7.53. The van der Waals surface area contributed by atoms with Gasteiger partial charge in [-0.05, 0) is 25.2 Å². The van der Waals surface area contributed by atoms with E-state index in [1.54, 1.807) is 0 Å². The van der Waals surface area contributed by atoms with Gasteiger partial charge in [0.2, 0.25) is 0 Å². The van der Waals surface area contributed by atoms with Crippen LogP contribution in [-0.2, 0) is 0 Å². The standard InChI is InChI=1S/C17H27N3O/c1-12-11-15(19-21-12)13(2)18-16(17(4,5)6)14(3)20-9-7-8-10-20/h11,16,18H,2-3,7-10H2,1,4-6H3. The van der Waals surface area contributed by atoms with Crippen LogP contribution in [0.1, 0.15) is 45.1 Å². The van der Waals surface area contributed by atoms with Gasteiger partial charge in [-0.25, -0.2) is 0 Å². The molecule has 21 heavy (non-hydrogen) atoms. The number of hydrogen-bond donors (Lipinski definition) is 1. The first-order valence-corrected chi connectivity index (χ1v) is 7.62. The molecule has 0 radical (unpaired) electrons. The van der Waals surface area contributed by atoms with E-state index in [-0.39, 0.29) is 11.5 Å². The van der Waals surface area contributed by atoms with Crippen LogP contribution in [0.4, 0.5) is 0 Å². The molecule has 0 aromatic carbocycles. The zero-order valence-corrected chi connectivity index (χ0v) is 13.7. The summed E-state index contributed by atoms with van der Waals surface area (Å²) in [6.07, 6.45) is 2.50. The number of nitrogens with zero attached hydrogens (tertiary/aromatic N) is 2. The summed E-state index contributed by atoms with van der Waals surface area (Å²) in [5.41, 5.74) is 2.73. The van der Waals surface area contributed by atoms with E-state index in [0.717, 1.165) is 35.9 Å². The number of aromatic nitrogens is 1. The SMILES string of the molecule is C=C(NC(C(=C)N1CCCC1)C(C)(C)C)c1cc(C)on1. The van der Waals surface area contributed by atoms with Crippen molar-refractivity contribution < 1.29 is 4.52 Å². The Labute approximate surface area is 127 Å². The van der Waals surface area contributed by atoms with E-state index in [4.69, 9.17) is 4.52 Å². The van der Waals surface area contributed by atoms with Crippen molar-refractivity contribution in [2.45, 2.75) is 46.6 Å². The number of aryl methyl sites for hydroxylation is 1. The molecule has 0 spiro atoms. The molecule has 1 fully saturated rings. The van der Waals surface area contributed by atoms with Crippen LogP contribution in [0.15, 0.2) is 29.4 Å². The maximum absolute atomic E-state index is 5.13. The Morgan fingerprint density at radius 1 is 1.33 bits per heavy atom. The number of hydrogen-bond acceptors (Lipinski definition) is 4. The molecule has 1 aromatic rings. The van der Waals surface area contributed by atoms with Crippen LogP contribution < -0.4 is 5.32 Å². The number of likely N-dealkylation sites (tertiary alicyclic amines) is 1. The van der Waals surface area contributed by atoms with Crippen LogP contribution in [-0.4, -0.2) is 29.2 Å². The van der Waals surface area contributed by atoms with Gasteiger partial charge in [-0.2, -0.15) is 0 Å². The van der Waals surface area contributed by atoms with Gasteiger partial charge in [-0.3, -0.25) is 0 Å². The van der Waals surface area contributed by atoms with E-state index in [1.165, 1.54) is 12.8 Å². The molecule has 1 aliphatic heterocycles. The molecular formula is C17H27N3O. The Balaban J connectivity index is 2.13. The van der Waals surface area contributed by atoms with Crippen molar-refractivity contribution in [2.75, 3.05) is 13.1 Å². The van der Waals surface area contributed by atoms with Crippen LogP contribution >= 0.6 is 0 Å². The van der Waals surface area contributed by atoms with Crippen LogP contribution in [0.25, 0.3) is 5.70 Å². The van der Waals surface area contributed by atoms with E-state index in [1.807, 2.05) is 13.0 Å². The Hall–Kier alpha value is -1.71. The van der Waals surface area contributed by atoms with E-state index in [0.29, 0.717) is 0 Å². The minimum atomic E-state index is 0.0430. The van der Waals surface area contributed by atoms with Crippen molar-refractivity contribution in [1.82, 2.24) is 15.4 Å². The fourth-order valence-electron chi connectivity index (χ4n) is 2.74. The van der Waals surface area contributed by atoms with Crippen molar-refractivity contribution in [2.24, 2.45) is 5.41 Å². The van der Waals surface area contributed by atoms with Gasteiger partial charge in [0.1, 0.15) is 11.5 Å². The van der Waals surface area contributed by atoms with E-state index in [2.05, 4.69) is 49.3 Å². The second kappa shape index (κ2) is 5.96. The third-order valence-electron chi connectivity index (χ3n) is 3.97. The topological polar surface area (TPSA) is 41.3 Å². The van der Waals surface area contributed by atoms with Gasteiger partial charge < -0.3 is 14.7 Å². The highest BCUT2D eigenvalue weighted by molar-refractivity contribution is 5.58. The first-order valence-electron chi connectivity index (χ1n) is 7.62. The van der Waals surface area contributed by atoms with Gasteiger partial charge in [-0.1, -0.05) is 39.1 Å². The predicted octanol–water partition coefficient (Wildman–Crippen LogP) is 3.57. The molecule has 1 saturated heterocycles. The Bertz CT molecular complexity index is 518. The third kappa shape index (κ3) is 3.69. The van der Waals surface area contributed by atoms with Crippen molar-refractivity contribution >= 4 is 5.70 Å². The Kier molecular flexibility index (Phi) is 4.45. The van der Waals surface area contributed by atoms with Gasteiger partial charge in [0.05, 0.1) is 11.7 Å². The lowest BCUT2D eigenvalue weighted by Crippen LogP contribution is -2.45. The van der Waals surface area contributed by atoms with Gasteiger partial charge in [0.15, 0.2) is 0 Å². The predicted molar refractivity (Wildman–Crippen MR) is 86.6 cm³/mol. The highest BCUT2D eigenvalue weighted by Gasteiger charge is 2.31. The first kappa shape index (κ1) is 15.7. The monoisotopic (exact) mass is 289 g/mol. The molecule has 4 nitrogen and oxygen atoms in total. The normalized spacial score (nSPS) is 16.9. The first-order chi connectivity index (χ1) is 9.79. The lowest BCUT2D eigenvalue weighted by atomic mass is 9.84. The summed E-state index contributed by atoms with van der Waals surface area (Å²) in [4.78, 5) is 2.38. The summed E-state index contributed by atoms with van der Waals surface area (Å²) < 4.78 is 5.13. The smallest absolute Gasteiger partial charge is 0.134 e. The molecule has 116 valence electrons. The van der Waals surface area contributed by atoms with Crippen molar-refractivity contribution in [3.63, 3.8) is 0 Å². The Morgan fingerprint density at radius 3 is 2.43 bits per heavy atom. The van der Waals surface area contributed by atoms with Gasteiger partial charge in [0.25, 0.3) is 0 Å². The summed E-state index contributed by atoms with van der Waals surface area (Å²) in [6.45, 7) is 19.2. The molecule has 4 heteroatoms. The summed E-state index contributed by atoms with van der Waals surface area (Å²) in [7, 11) is 0. The average Bonchev–Trinajstić information content (AvgIpc) is 3.04. The van der Waals surface area contributed by atoms with Gasteiger partial charge >= 0.3 is 0 Å². The zero-order valence-electron chi connectivity index (χ0n) is 13.7. The zero-order chi connectivity index (χ0) is 15.6. The molecule has 0 bridgehead atoms. The van der Waals surface area contributed by atoms with Crippen molar-refractivity contribution in [3.05, 3.63) is 36.4 Å². The lowest BCUT2D eigenvalue weighted by molar-refractivity contribution is 0.267. The quantitative estimate of drug-likeness (QED) is 0.899. The summed E-state index contributed by atoms with van der Waals surface area (Å²) in [6, 6.07) is 2.02. The van der Waals surface area contributed by atoms with E-state index in [9.17, 15) is 0 Å². The highest BCUT2D eigenvalue weighted by Crippen LogP contribution is 2.29. The second-order valence-electron chi connectivity index (χ2n) is 6.93. The van der Waals surface area contributed by atoms with Crippen LogP contribution in [0, 0.1) is 12.3 Å². The van der Waals surface area contributed by atoms with E-state index >= 15 is 0 Å². The summed E-state index contributed by atoms with van der Waals surface area (Å²) >= 11 is 0. The minimum absolute atomic E-state index is 0.0430. The third-order valence-corrected chi connectivity index (χ3v) is 3.97. The molecule has 1 unspecified atom stereocenters. The lowest BCUT2D eigenvalue weighted by Gasteiger charge is -2.38. The number of rotatable bonds is 5. The van der Waals surface area contributed by atoms with E-state index < -0.39 is 0 Å². The van der Waals surface area contributed by atoms with Crippen molar-refractivity contribution in [1.29, 1.82) is 0 Å². The van der Waals surface area contributed by atoms with Crippen molar-refractivity contribution in [3.8, 4) is 0 Å². The highest BCUT2D eigenvalue weighted by atomic mass is 16.5. The second-order valence-corrected chi connectivity index (χ2v) is 6.93. The molecule has 0 amide bonds. The van der Waals surface area contributed by atoms with Gasteiger partial charge in [0, 0.05) is 24.9 Å². The molecule has 0 aliphatic carbocycles. The van der Waals surface area contributed by atoms with Crippen LogP contribution in [0.2, 0.25) is 0 Å². The largest absolute Gasteiger partial charge is 0.375 e. The molecule has 1 aromatic heterocycles. The van der Waals surface area contributed by atoms with Crippen LogP contribution in [0.3, 0.4) is 0 Å². The maximum Gasteiger partial charge on any atom is 0.134 e. The minimum Gasteiger partial charge on any atom is -0.375 e. The maximum atomic E-state index is 5.13. The molecular weight excluding hydrogens is 262 g/mol. The molecule has 1 N–H and O–H groups in total. The fraction of sp³-hybridized carbons (Fsp3) is 0.588. The van der Waals surface area contributed by atoms with Gasteiger partial charge in [-0.15, -0.1) is 0 Å². The molecule has 2 heterocycles. The molecule has 0 saturated carbocycles. The number of nitrogens with one attached hydrogen (secondary N) is 1.